The van der Waals surface area contributed by atoms with Gasteiger partial charge in [0.2, 0.25) is 0 Å². The van der Waals surface area contributed by atoms with Gasteiger partial charge in [-0.2, -0.15) is 14.0 Å². The van der Waals surface area contributed by atoms with E-state index in [1.807, 2.05) is 0 Å². The fourth-order valence-electron chi connectivity index (χ4n) is 2.76. The molecule has 2 aromatic carbocycles. The Kier molecular flexibility index (Phi) is 4.82. The van der Waals surface area contributed by atoms with Crippen molar-refractivity contribution in [3.05, 3.63) is 52.8 Å². The van der Waals surface area contributed by atoms with Gasteiger partial charge < -0.3 is 9.84 Å². The lowest BCUT2D eigenvalue weighted by Crippen LogP contribution is -2.21. The highest BCUT2D eigenvalue weighted by atomic mass is 32.2. The summed E-state index contributed by atoms with van der Waals surface area (Å²) >= 11 is 0.0465. The van der Waals surface area contributed by atoms with Crippen molar-refractivity contribution < 1.29 is 31.8 Å². The van der Waals surface area contributed by atoms with Crippen LogP contribution < -0.4 is 4.74 Å². The lowest BCUT2D eigenvalue weighted by molar-refractivity contribution is -0.0976. The first kappa shape index (κ1) is 18.5. The van der Waals surface area contributed by atoms with Gasteiger partial charge in [0.25, 0.3) is 11.7 Å². The van der Waals surface area contributed by atoms with Crippen LogP contribution in [0.25, 0.3) is 0 Å². The monoisotopic (exact) mass is 387 g/mol. The molecule has 0 aliphatic heterocycles. The second-order valence-electron chi connectivity index (χ2n) is 5.56. The molecule has 0 saturated carbocycles. The topological polar surface area (TPSA) is 53.2 Å². The van der Waals surface area contributed by atoms with Crippen molar-refractivity contribution in [1.82, 2.24) is 0 Å². The summed E-state index contributed by atoms with van der Waals surface area (Å²) in [6.45, 7) is 0. The molecular weight excluding hydrogens is 377 g/mol. The van der Waals surface area contributed by atoms with Gasteiger partial charge in [-0.1, -0.05) is 11.8 Å². The molecule has 0 spiro atoms. The van der Waals surface area contributed by atoms with Crippen LogP contribution in [-0.2, 0) is 6.42 Å². The van der Waals surface area contributed by atoms with Crippen molar-refractivity contribution in [3.63, 3.8) is 0 Å². The summed E-state index contributed by atoms with van der Waals surface area (Å²) in [4.78, 5) is -0.177. The van der Waals surface area contributed by atoms with Crippen LogP contribution in [-0.4, -0.2) is 16.8 Å². The fraction of sp³-hybridized carbons (Fsp3) is 0.235. The van der Waals surface area contributed by atoms with E-state index in [4.69, 9.17) is 10.00 Å². The summed E-state index contributed by atoms with van der Waals surface area (Å²) in [5, 5.41) is 18.7. The Morgan fingerprint density at radius 1 is 1.27 bits per heavy atom. The summed E-state index contributed by atoms with van der Waals surface area (Å²) in [5.74, 6) is -7.38. The van der Waals surface area contributed by atoms with Crippen LogP contribution in [0.5, 0.6) is 11.5 Å². The largest absolute Gasteiger partial charge is 0.457 e. The van der Waals surface area contributed by atoms with Gasteiger partial charge in [-0.15, -0.1) is 0 Å². The number of hydrogen-bond acceptors (Lipinski definition) is 4. The summed E-state index contributed by atoms with van der Waals surface area (Å²) in [6.07, 6.45) is -3.15. The minimum atomic E-state index is -3.54. The predicted octanol–water partition coefficient (Wildman–Crippen LogP) is 5.03. The van der Waals surface area contributed by atoms with Crippen molar-refractivity contribution in [2.45, 2.75) is 29.1 Å². The van der Waals surface area contributed by atoms with Gasteiger partial charge in [0.05, 0.1) is 11.6 Å². The van der Waals surface area contributed by atoms with Crippen LogP contribution in [0.2, 0.25) is 0 Å². The molecule has 3 nitrogen and oxygen atoms in total. The first-order valence-corrected chi connectivity index (χ1v) is 8.14. The highest BCUT2D eigenvalue weighted by Gasteiger charge is 2.49. The van der Waals surface area contributed by atoms with E-state index >= 15 is 0 Å². The Bertz CT molecular complexity index is 897. The number of alkyl halides is 4. The van der Waals surface area contributed by atoms with Gasteiger partial charge >= 0.3 is 0 Å². The van der Waals surface area contributed by atoms with Crippen LogP contribution in [0, 0.1) is 17.1 Å². The number of halogens is 5. The van der Waals surface area contributed by atoms with Crippen LogP contribution in [0.1, 0.15) is 22.8 Å². The Balaban J connectivity index is 2.05. The Morgan fingerprint density at radius 3 is 2.65 bits per heavy atom. The lowest BCUT2D eigenvalue weighted by atomic mass is 10.1. The third-order valence-corrected chi connectivity index (χ3v) is 4.59. The van der Waals surface area contributed by atoms with Gasteiger partial charge in [0.1, 0.15) is 23.4 Å². The number of aliphatic hydroxyl groups excluding tert-OH is 1. The zero-order valence-electron chi connectivity index (χ0n) is 12.8. The SMILES string of the molecule is N#Cc1cc(F)cc(Oc2ccc(SC(F)F)c3c2CC(F)(F)C3O)c1. The second kappa shape index (κ2) is 6.78. The minimum absolute atomic E-state index is 0.0353. The highest BCUT2D eigenvalue weighted by molar-refractivity contribution is 7.99. The number of rotatable bonds is 4. The third kappa shape index (κ3) is 3.48. The van der Waals surface area contributed by atoms with E-state index in [2.05, 4.69) is 0 Å². The highest BCUT2D eigenvalue weighted by Crippen LogP contribution is 2.51. The first-order chi connectivity index (χ1) is 12.2. The van der Waals surface area contributed by atoms with Crippen molar-refractivity contribution in [1.29, 1.82) is 5.26 Å². The Morgan fingerprint density at radius 2 is 2.00 bits per heavy atom. The first-order valence-electron chi connectivity index (χ1n) is 7.26. The fourth-order valence-corrected chi connectivity index (χ4v) is 3.46. The average Bonchev–Trinajstić information content (AvgIpc) is 2.79. The summed E-state index contributed by atoms with van der Waals surface area (Å²) < 4.78 is 72.2. The van der Waals surface area contributed by atoms with Crippen LogP contribution in [0.15, 0.2) is 35.2 Å². The van der Waals surface area contributed by atoms with Crippen LogP contribution in [0.3, 0.4) is 0 Å². The minimum Gasteiger partial charge on any atom is -0.457 e. The number of benzene rings is 2. The molecule has 1 unspecified atom stereocenters. The molecule has 0 heterocycles. The smallest absolute Gasteiger partial charge is 0.288 e. The molecule has 0 amide bonds. The van der Waals surface area contributed by atoms with E-state index < -0.39 is 30.0 Å². The molecular formula is C17H10F5NO2S. The molecule has 3 rings (SSSR count). The molecule has 1 N–H and O–H groups in total. The number of thioether (sulfide) groups is 1. The quantitative estimate of drug-likeness (QED) is 0.591. The molecule has 0 fully saturated rings. The summed E-state index contributed by atoms with van der Waals surface area (Å²) in [6, 6.07) is 7.21. The number of nitrogens with zero attached hydrogens (tertiary/aromatic N) is 1. The van der Waals surface area contributed by atoms with E-state index in [1.54, 1.807) is 6.07 Å². The Labute approximate surface area is 149 Å². The number of ether oxygens (including phenoxy) is 1. The van der Waals surface area contributed by atoms with Crippen LogP contribution >= 0.6 is 11.8 Å². The maximum atomic E-state index is 13.9. The molecule has 9 heteroatoms. The number of nitriles is 1. The maximum absolute atomic E-state index is 13.9. The molecule has 1 aliphatic carbocycles. The molecule has 2 aromatic rings. The van der Waals surface area contributed by atoms with Crippen LogP contribution in [0.4, 0.5) is 22.0 Å². The van der Waals surface area contributed by atoms with Gasteiger partial charge in [-0.05, 0) is 24.3 Å². The normalized spacial score (nSPS) is 17.8. The molecule has 0 aromatic heterocycles. The molecule has 0 bridgehead atoms. The molecule has 0 radical (unpaired) electrons. The van der Waals surface area contributed by atoms with Gasteiger partial charge in [-0.25, -0.2) is 13.2 Å². The zero-order chi connectivity index (χ0) is 19.1. The van der Waals surface area contributed by atoms with E-state index in [9.17, 15) is 27.1 Å². The van der Waals surface area contributed by atoms with E-state index in [-0.39, 0.29) is 44.8 Å². The molecule has 136 valence electrons. The Hall–Kier alpha value is -2.31. The number of aliphatic hydroxyl groups is 1. The van der Waals surface area contributed by atoms with E-state index in [0.717, 1.165) is 18.2 Å². The molecule has 1 aliphatic rings. The lowest BCUT2D eigenvalue weighted by Gasteiger charge is -2.16. The second-order valence-corrected chi connectivity index (χ2v) is 6.59. The average molecular weight is 387 g/mol. The predicted molar refractivity (Wildman–Crippen MR) is 83.1 cm³/mol. The molecule has 0 saturated heterocycles. The van der Waals surface area contributed by atoms with Crippen molar-refractivity contribution >= 4 is 11.8 Å². The van der Waals surface area contributed by atoms with Crippen molar-refractivity contribution in [2.24, 2.45) is 0 Å². The zero-order valence-corrected chi connectivity index (χ0v) is 13.7. The van der Waals surface area contributed by atoms with Gasteiger partial charge in [0, 0.05) is 28.5 Å². The molecule has 26 heavy (non-hydrogen) atoms. The number of hydrogen-bond donors (Lipinski definition) is 1. The van der Waals surface area contributed by atoms with Crippen molar-refractivity contribution in [2.75, 3.05) is 0 Å². The summed E-state index contributed by atoms with van der Waals surface area (Å²) in [7, 11) is 0. The maximum Gasteiger partial charge on any atom is 0.288 e. The van der Waals surface area contributed by atoms with Gasteiger partial charge in [0.15, 0.2) is 0 Å². The van der Waals surface area contributed by atoms with Gasteiger partial charge in [-0.3, -0.25) is 0 Å². The number of fused-ring (bicyclic) bond motifs is 1. The summed E-state index contributed by atoms with van der Waals surface area (Å²) in [5.41, 5.74) is -0.488. The standard InChI is InChI=1S/C17H10F5NO2S/c18-9-3-8(7-23)4-10(5-9)25-12-1-2-13(26-16(19)20)14-11(12)6-17(21,22)15(14)24/h1-5,15-16,24H,6H2. The van der Waals surface area contributed by atoms with E-state index in [1.165, 1.54) is 12.1 Å². The third-order valence-electron chi connectivity index (χ3n) is 3.80. The van der Waals surface area contributed by atoms with Crippen molar-refractivity contribution in [3.8, 4) is 17.6 Å². The molecule has 1 atom stereocenters. The van der Waals surface area contributed by atoms with E-state index in [0.29, 0.717) is 0 Å².